The van der Waals surface area contributed by atoms with E-state index in [-0.39, 0.29) is 11.9 Å². The maximum Gasteiger partial charge on any atom is 0.238 e. The van der Waals surface area contributed by atoms with Crippen LogP contribution < -0.4 is 0 Å². The van der Waals surface area contributed by atoms with Gasteiger partial charge >= 0.3 is 0 Å². The van der Waals surface area contributed by atoms with E-state index in [0.717, 1.165) is 12.0 Å². The number of hydrogen-bond acceptors (Lipinski definition) is 3. The minimum Gasteiger partial charge on any atom is -0.335 e. The number of carbonyl (C=O) groups excluding carboxylic acids is 1. The van der Waals surface area contributed by atoms with Gasteiger partial charge in [-0.15, -0.1) is 0 Å². The Bertz CT molecular complexity index is 587. The van der Waals surface area contributed by atoms with Gasteiger partial charge in [-0.2, -0.15) is 0 Å². The van der Waals surface area contributed by atoms with Crippen molar-refractivity contribution < 1.29 is 13.2 Å². The molecule has 1 atom stereocenters. The summed E-state index contributed by atoms with van der Waals surface area (Å²) in [6.07, 6.45) is 0.894. The number of benzene rings is 1. The Morgan fingerprint density at radius 2 is 1.85 bits per heavy atom. The highest BCUT2D eigenvalue weighted by Gasteiger charge is 2.38. The summed E-state index contributed by atoms with van der Waals surface area (Å²) in [6, 6.07) is 9.77. The molecule has 110 valence electrons. The maximum atomic E-state index is 12.2. The Morgan fingerprint density at radius 1 is 1.25 bits per heavy atom. The molecule has 1 aliphatic heterocycles. The molecular weight excluding hydrogens is 274 g/mol. The number of rotatable bonds is 3. The highest BCUT2D eigenvalue weighted by Crippen LogP contribution is 2.33. The third-order valence-corrected chi connectivity index (χ3v) is 6.26. The van der Waals surface area contributed by atoms with Crippen LogP contribution in [0, 0.1) is 0 Å². The molecule has 0 aliphatic carbocycles. The first-order valence-electron chi connectivity index (χ1n) is 6.79. The number of sulfone groups is 1. The summed E-state index contributed by atoms with van der Waals surface area (Å²) in [5.41, 5.74) is 1.07. The fourth-order valence-corrected chi connectivity index (χ4v) is 3.09. The van der Waals surface area contributed by atoms with Crippen molar-refractivity contribution in [2.45, 2.75) is 38.0 Å². The van der Waals surface area contributed by atoms with Gasteiger partial charge in [-0.1, -0.05) is 30.3 Å². The van der Waals surface area contributed by atoms with Gasteiger partial charge in [0.1, 0.15) is 5.75 Å². The molecule has 0 radical (unpaired) electrons. The van der Waals surface area contributed by atoms with Crippen molar-refractivity contribution in [3.05, 3.63) is 35.9 Å². The van der Waals surface area contributed by atoms with Crippen molar-refractivity contribution in [1.29, 1.82) is 0 Å². The lowest BCUT2D eigenvalue weighted by molar-refractivity contribution is -0.136. The maximum absolute atomic E-state index is 12.2. The van der Waals surface area contributed by atoms with Crippen LogP contribution in [0.4, 0.5) is 0 Å². The molecule has 20 heavy (non-hydrogen) atoms. The highest BCUT2D eigenvalue weighted by atomic mass is 32.2. The smallest absolute Gasteiger partial charge is 0.238 e. The topological polar surface area (TPSA) is 54.5 Å². The zero-order valence-electron chi connectivity index (χ0n) is 12.2. The molecule has 0 saturated carbocycles. The van der Waals surface area contributed by atoms with Gasteiger partial charge in [0.25, 0.3) is 0 Å². The lowest BCUT2D eigenvalue weighted by Gasteiger charge is -2.41. The minimum atomic E-state index is -3.42. The summed E-state index contributed by atoms with van der Waals surface area (Å²) in [6.45, 7) is 5.51. The van der Waals surface area contributed by atoms with Crippen LogP contribution in [0.3, 0.4) is 0 Å². The van der Waals surface area contributed by atoms with Crippen molar-refractivity contribution in [2.24, 2.45) is 0 Å². The van der Waals surface area contributed by atoms with Crippen LogP contribution >= 0.6 is 0 Å². The molecule has 1 aliphatic rings. The molecule has 1 fully saturated rings. The standard InChI is InChI=1S/C15H21NO3S/c1-15(2,3)20(18,19)11-14(17)16-10-9-13(16)12-7-5-4-6-8-12/h4-8,13H,9-11H2,1-3H3. The van der Waals surface area contributed by atoms with E-state index in [1.807, 2.05) is 30.3 Å². The molecule has 0 N–H and O–H groups in total. The molecule has 1 saturated heterocycles. The summed E-state index contributed by atoms with van der Waals surface area (Å²) in [5, 5.41) is 0. The number of nitrogens with zero attached hydrogens (tertiary/aromatic N) is 1. The van der Waals surface area contributed by atoms with Gasteiger partial charge in [-0.25, -0.2) is 8.42 Å². The van der Waals surface area contributed by atoms with E-state index < -0.39 is 20.3 Å². The number of carbonyl (C=O) groups is 1. The van der Waals surface area contributed by atoms with E-state index in [1.54, 1.807) is 25.7 Å². The van der Waals surface area contributed by atoms with E-state index in [1.165, 1.54) is 0 Å². The van der Waals surface area contributed by atoms with Crippen LogP contribution in [0.1, 0.15) is 38.8 Å². The Kier molecular flexibility index (Phi) is 3.91. The first-order chi connectivity index (χ1) is 9.22. The van der Waals surface area contributed by atoms with Gasteiger partial charge in [0.2, 0.25) is 5.91 Å². The Hall–Kier alpha value is -1.36. The number of likely N-dealkylation sites (tertiary alicyclic amines) is 1. The molecule has 0 spiro atoms. The average molecular weight is 295 g/mol. The molecule has 1 amide bonds. The SMILES string of the molecule is CC(C)(C)S(=O)(=O)CC(=O)N1CCC1c1ccccc1. The zero-order valence-corrected chi connectivity index (χ0v) is 13.0. The van der Waals surface area contributed by atoms with Gasteiger partial charge in [0.05, 0.1) is 10.8 Å². The van der Waals surface area contributed by atoms with Crippen LogP contribution in [-0.2, 0) is 14.6 Å². The van der Waals surface area contributed by atoms with Crippen molar-refractivity contribution in [3.63, 3.8) is 0 Å². The van der Waals surface area contributed by atoms with Crippen LogP contribution in [0.25, 0.3) is 0 Å². The fraction of sp³-hybridized carbons (Fsp3) is 0.533. The van der Waals surface area contributed by atoms with Crippen molar-refractivity contribution in [1.82, 2.24) is 4.90 Å². The van der Waals surface area contributed by atoms with Crippen LogP contribution in [0.5, 0.6) is 0 Å². The van der Waals surface area contributed by atoms with E-state index in [0.29, 0.717) is 6.54 Å². The molecule has 1 unspecified atom stereocenters. The first-order valence-corrected chi connectivity index (χ1v) is 8.44. The Morgan fingerprint density at radius 3 is 2.30 bits per heavy atom. The average Bonchev–Trinajstić information content (AvgIpc) is 2.26. The van der Waals surface area contributed by atoms with Crippen molar-refractivity contribution in [2.75, 3.05) is 12.3 Å². The highest BCUT2D eigenvalue weighted by molar-refractivity contribution is 7.93. The third-order valence-electron chi connectivity index (χ3n) is 3.77. The van der Waals surface area contributed by atoms with Crippen LogP contribution in [0.15, 0.2) is 30.3 Å². The molecule has 4 nitrogen and oxygen atoms in total. The van der Waals surface area contributed by atoms with E-state index >= 15 is 0 Å². The molecule has 0 bridgehead atoms. The summed E-state index contributed by atoms with van der Waals surface area (Å²) in [7, 11) is -3.42. The summed E-state index contributed by atoms with van der Waals surface area (Å²) in [5.74, 6) is -0.695. The van der Waals surface area contributed by atoms with E-state index in [9.17, 15) is 13.2 Å². The number of amides is 1. The van der Waals surface area contributed by atoms with Gasteiger partial charge in [-0.05, 0) is 32.8 Å². The van der Waals surface area contributed by atoms with Crippen molar-refractivity contribution in [3.8, 4) is 0 Å². The lowest BCUT2D eigenvalue weighted by atomic mass is 9.95. The quantitative estimate of drug-likeness (QED) is 0.859. The van der Waals surface area contributed by atoms with Gasteiger partial charge < -0.3 is 4.90 Å². The second-order valence-corrected chi connectivity index (χ2v) is 8.92. The second kappa shape index (κ2) is 5.20. The van der Waals surface area contributed by atoms with Crippen LogP contribution in [0.2, 0.25) is 0 Å². The lowest BCUT2D eigenvalue weighted by Crippen LogP contribution is -2.49. The van der Waals surface area contributed by atoms with Gasteiger partial charge in [-0.3, -0.25) is 4.79 Å². The molecule has 5 heteroatoms. The Labute approximate surface area is 120 Å². The predicted molar refractivity (Wildman–Crippen MR) is 79.1 cm³/mol. The van der Waals surface area contributed by atoms with Gasteiger partial charge in [0, 0.05) is 6.54 Å². The molecule has 1 heterocycles. The third kappa shape index (κ3) is 2.87. The summed E-state index contributed by atoms with van der Waals surface area (Å²) in [4.78, 5) is 13.9. The fourth-order valence-electron chi connectivity index (χ4n) is 2.17. The molecular formula is C15H21NO3S. The largest absolute Gasteiger partial charge is 0.335 e. The zero-order chi connectivity index (χ0) is 15.0. The first kappa shape index (κ1) is 15.0. The normalized spacial score (nSPS) is 19.6. The number of hydrogen-bond donors (Lipinski definition) is 0. The molecule has 1 aromatic rings. The monoisotopic (exact) mass is 295 g/mol. The summed E-state index contributed by atoms with van der Waals surface area (Å²) >= 11 is 0. The molecule has 0 aromatic heterocycles. The minimum absolute atomic E-state index is 0.0267. The Balaban J connectivity index is 2.08. The van der Waals surface area contributed by atoms with Gasteiger partial charge in [0.15, 0.2) is 9.84 Å². The van der Waals surface area contributed by atoms with Crippen molar-refractivity contribution >= 4 is 15.7 Å². The molecule has 1 aromatic carbocycles. The summed E-state index contributed by atoms with van der Waals surface area (Å²) < 4.78 is 23.3. The van der Waals surface area contributed by atoms with Crippen LogP contribution in [-0.4, -0.2) is 36.3 Å². The second-order valence-electron chi connectivity index (χ2n) is 6.17. The predicted octanol–water partition coefficient (Wildman–Crippen LogP) is 2.17. The molecule has 2 rings (SSSR count). The van der Waals surface area contributed by atoms with E-state index in [4.69, 9.17) is 0 Å². The van der Waals surface area contributed by atoms with E-state index in [2.05, 4.69) is 0 Å².